The van der Waals surface area contributed by atoms with Crippen molar-refractivity contribution in [3.8, 4) is 21.6 Å². The summed E-state index contributed by atoms with van der Waals surface area (Å²) in [7, 11) is 0. The van der Waals surface area contributed by atoms with Crippen molar-refractivity contribution in [2.75, 3.05) is 6.61 Å². The molecule has 34 heavy (non-hydrogen) atoms. The Morgan fingerprint density at radius 2 is 1.47 bits per heavy atom. The van der Waals surface area contributed by atoms with Crippen molar-refractivity contribution in [1.82, 2.24) is 5.32 Å². The van der Waals surface area contributed by atoms with Crippen molar-refractivity contribution in [3.63, 3.8) is 0 Å². The highest BCUT2D eigenvalue weighted by Gasteiger charge is 2.30. The van der Waals surface area contributed by atoms with Crippen LogP contribution in [0.5, 0.6) is 0 Å². The minimum Gasteiger partial charge on any atom is -0.480 e. The number of alkyl carbamates (subject to hydrolysis) is 1. The van der Waals surface area contributed by atoms with E-state index in [1.54, 1.807) is 0 Å². The maximum Gasteiger partial charge on any atom is 0.407 e. The summed E-state index contributed by atoms with van der Waals surface area (Å²) >= 11 is 1.52. The number of rotatable bonds is 7. The van der Waals surface area contributed by atoms with Crippen molar-refractivity contribution >= 4 is 23.4 Å². The predicted octanol–water partition coefficient (Wildman–Crippen LogP) is 5.95. The zero-order valence-corrected chi connectivity index (χ0v) is 19.1. The topological polar surface area (TPSA) is 75.6 Å². The second-order valence-corrected chi connectivity index (χ2v) is 9.37. The van der Waals surface area contributed by atoms with Gasteiger partial charge in [-0.3, -0.25) is 0 Å². The fourth-order valence-corrected chi connectivity index (χ4v) is 5.49. The SMILES string of the molecule is O=C(NC(Cc1ccc(-c2ccccc2)s1)C(=O)O)OCC1c2ccccc2-c2ccccc21. The van der Waals surface area contributed by atoms with Crippen LogP contribution in [0.25, 0.3) is 21.6 Å². The van der Waals surface area contributed by atoms with Gasteiger partial charge in [-0.2, -0.15) is 0 Å². The van der Waals surface area contributed by atoms with Gasteiger partial charge in [0, 0.05) is 22.1 Å². The van der Waals surface area contributed by atoms with E-state index >= 15 is 0 Å². The lowest BCUT2D eigenvalue weighted by Crippen LogP contribution is -2.42. The molecule has 1 aromatic heterocycles. The van der Waals surface area contributed by atoms with Crippen LogP contribution in [0.4, 0.5) is 4.79 Å². The zero-order chi connectivity index (χ0) is 23.5. The smallest absolute Gasteiger partial charge is 0.407 e. The number of hydrogen-bond donors (Lipinski definition) is 2. The van der Waals surface area contributed by atoms with Crippen LogP contribution < -0.4 is 5.32 Å². The number of carboxylic acid groups (broad SMARTS) is 1. The van der Waals surface area contributed by atoms with Gasteiger partial charge in [0.1, 0.15) is 12.6 Å². The lowest BCUT2D eigenvalue weighted by Gasteiger charge is -2.17. The van der Waals surface area contributed by atoms with E-state index in [4.69, 9.17) is 4.74 Å². The molecule has 1 unspecified atom stereocenters. The molecule has 0 spiro atoms. The molecule has 0 saturated carbocycles. The average Bonchev–Trinajstić information content (AvgIpc) is 3.46. The van der Waals surface area contributed by atoms with Gasteiger partial charge in [-0.15, -0.1) is 11.3 Å². The van der Waals surface area contributed by atoms with Crippen LogP contribution in [-0.2, 0) is 16.0 Å². The number of amides is 1. The number of carboxylic acids is 1. The third kappa shape index (κ3) is 4.45. The standard InChI is InChI=1S/C28H23NO4S/c30-27(31)25(16-19-14-15-26(34-19)18-8-2-1-3-9-18)29-28(32)33-17-24-22-12-6-4-10-20(22)21-11-5-7-13-23(21)24/h1-15,24-25H,16-17H2,(H,29,32)(H,30,31). The molecule has 0 bridgehead atoms. The minimum absolute atomic E-state index is 0.0767. The third-order valence-electron chi connectivity index (χ3n) is 6.06. The molecule has 4 aromatic rings. The lowest BCUT2D eigenvalue weighted by atomic mass is 9.98. The van der Waals surface area contributed by atoms with Crippen LogP contribution in [0.3, 0.4) is 0 Å². The van der Waals surface area contributed by atoms with E-state index in [9.17, 15) is 14.7 Å². The second-order valence-electron chi connectivity index (χ2n) is 8.20. The monoisotopic (exact) mass is 469 g/mol. The van der Waals surface area contributed by atoms with Crippen molar-refractivity contribution in [3.05, 3.63) is 107 Å². The van der Waals surface area contributed by atoms with Crippen molar-refractivity contribution in [2.24, 2.45) is 0 Å². The molecule has 1 atom stereocenters. The molecule has 0 aliphatic heterocycles. The number of benzene rings is 3. The largest absolute Gasteiger partial charge is 0.480 e. The quantitative estimate of drug-likeness (QED) is 0.351. The van der Waals surface area contributed by atoms with Gasteiger partial charge in [-0.25, -0.2) is 9.59 Å². The van der Waals surface area contributed by atoms with Gasteiger partial charge in [0.15, 0.2) is 0 Å². The molecular formula is C28H23NO4S. The Kier molecular flexibility index (Phi) is 6.14. The van der Waals surface area contributed by atoms with Gasteiger partial charge in [-0.05, 0) is 39.9 Å². The fourth-order valence-electron chi connectivity index (χ4n) is 4.43. The van der Waals surface area contributed by atoms with Crippen molar-refractivity contribution in [2.45, 2.75) is 18.4 Å². The van der Waals surface area contributed by atoms with Gasteiger partial charge in [0.05, 0.1) is 0 Å². The summed E-state index contributed by atoms with van der Waals surface area (Å²) < 4.78 is 5.52. The molecule has 0 saturated heterocycles. The molecule has 0 radical (unpaired) electrons. The van der Waals surface area contributed by atoms with Gasteiger partial charge in [0.2, 0.25) is 0 Å². The Morgan fingerprint density at radius 1 is 0.853 bits per heavy atom. The summed E-state index contributed by atoms with van der Waals surface area (Å²) in [6.45, 7) is 0.142. The Morgan fingerprint density at radius 3 is 2.12 bits per heavy atom. The van der Waals surface area contributed by atoms with E-state index in [-0.39, 0.29) is 18.9 Å². The van der Waals surface area contributed by atoms with Gasteiger partial charge in [-0.1, -0.05) is 78.9 Å². The molecular weight excluding hydrogens is 446 g/mol. The van der Waals surface area contributed by atoms with Crippen LogP contribution in [-0.4, -0.2) is 29.8 Å². The summed E-state index contributed by atoms with van der Waals surface area (Å²) in [5.41, 5.74) is 5.58. The molecule has 1 heterocycles. The zero-order valence-electron chi connectivity index (χ0n) is 18.3. The van der Waals surface area contributed by atoms with E-state index in [1.807, 2.05) is 78.9 Å². The summed E-state index contributed by atoms with van der Waals surface area (Å²) in [6, 6.07) is 28.9. The molecule has 170 valence electrons. The third-order valence-corrected chi connectivity index (χ3v) is 7.22. The van der Waals surface area contributed by atoms with E-state index < -0.39 is 18.1 Å². The van der Waals surface area contributed by atoms with E-state index in [0.717, 1.165) is 37.6 Å². The van der Waals surface area contributed by atoms with Gasteiger partial charge in [0.25, 0.3) is 0 Å². The number of hydrogen-bond acceptors (Lipinski definition) is 4. The first kappa shape index (κ1) is 21.9. The molecule has 3 aromatic carbocycles. The number of fused-ring (bicyclic) bond motifs is 3. The number of carbonyl (C=O) groups is 2. The number of thiophene rings is 1. The van der Waals surface area contributed by atoms with Gasteiger partial charge < -0.3 is 15.2 Å². The van der Waals surface area contributed by atoms with Crippen molar-refractivity contribution in [1.29, 1.82) is 0 Å². The van der Waals surface area contributed by atoms with Gasteiger partial charge >= 0.3 is 12.1 Å². The maximum atomic E-state index is 12.6. The summed E-state index contributed by atoms with van der Waals surface area (Å²) in [6.07, 6.45) is -0.536. The molecule has 6 heteroatoms. The Labute approximate surface area is 201 Å². The molecule has 2 N–H and O–H groups in total. The second kappa shape index (κ2) is 9.53. The minimum atomic E-state index is -1.09. The summed E-state index contributed by atoms with van der Waals surface area (Å²) in [5, 5.41) is 12.2. The van der Waals surface area contributed by atoms with Crippen molar-refractivity contribution < 1.29 is 19.4 Å². The van der Waals surface area contributed by atoms with Crippen LogP contribution >= 0.6 is 11.3 Å². The Hall–Kier alpha value is -3.90. The predicted molar refractivity (Wildman–Crippen MR) is 133 cm³/mol. The van der Waals surface area contributed by atoms with E-state index in [2.05, 4.69) is 17.4 Å². The highest BCUT2D eigenvalue weighted by Crippen LogP contribution is 2.44. The molecule has 5 rings (SSSR count). The van der Waals surface area contributed by atoms with Crippen LogP contribution in [0.2, 0.25) is 0 Å². The summed E-state index contributed by atoms with van der Waals surface area (Å²) in [4.78, 5) is 26.3. The van der Waals surface area contributed by atoms with Crippen LogP contribution in [0, 0.1) is 0 Å². The maximum absolute atomic E-state index is 12.6. The van der Waals surface area contributed by atoms with Crippen LogP contribution in [0.1, 0.15) is 21.9 Å². The number of carbonyl (C=O) groups excluding carboxylic acids is 1. The number of ether oxygens (including phenoxy) is 1. The average molecular weight is 470 g/mol. The molecule has 1 amide bonds. The molecule has 0 fully saturated rings. The van der Waals surface area contributed by atoms with E-state index in [1.165, 1.54) is 11.3 Å². The molecule has 1 aliphatic rings. The Balaban J connectivity index is 1.24. The normalized spacial score (nSPS) is 13.1. The van der Waals surface area contributed by atoms with Crippen LogP contribution in [0.15, 0.2) is 91.0 Å². The Bertz CT molecular complexity index is 1290. The lowest BCUT2D eigenvalue weighted by molar-refractivity contribution is -0.139. The number of aliphatic carboxylic acids is 1. The van der Waals surface area contributed by atoms with E-state index in [0.29, 0.717) is 0 Å². The first-order valence-electron chi connectivity index (χ1n) is 11.1. The first-order chi connectivity index (χ1) is 16.6. The highest BCUT2D eigenvalue weighted by molar-refractivity contribution is 7.15. The molecule has 1 aliphatic carbocycles. The molecule has 5 nitrogen and oxygen atoms in total. The highest BCUT2D eigenvalue weighted by atomic mass is 32.1. The fraction of sp³-hybridized carbons (Fsp3) is 0.143. The first-order valence-corrected chi connectivity index (χ1v) is 11.9. The number of nitrogens with one attached hydrogen (secondary N) is 1. The summed E-state index contributed by atoms with van der Waals surface area (Å²) in [5.74, 6) is -1.17.